The van der Waals surface area contributed by atoms with Crippen LogP contribution in [0.5, 0.6) is 5.75 Å². The van der Waals surface area contributed by atoms with E-state index in [0.717, 1.165) is 18.1 Å². The average Bonchev–Trinajstić information content (AvgIpc) is 2.71. The lowest BCUT2D eigenvalue weighted by molar-refractivity contribution is 0.0959. The molecule has 1 N–H and O–H groups in total. The van der Waals surface area contributed by atoms with Gasteiger partial charge >= 0.3 is 0 Å². The summed E-state index contributed by atoms with van der Waals surface area (Å²) in [4.78, 5) is 12.2. The quantitative estimate of drug-likeness (QED) is 0.803. The molecule has 1 aromatic heterocycles. The van der Waals surface area contributed by atoms with Gasteiger partial charge in [0, 0.05) is 37.6 Å². The molecule has 1 fully saturated rings. The Hall–Kier alpha value is -1.01. The number of ether oxygens (including phenoxy) is 1. The molecule has 6 heteroatoms. The Morgan fingerprint density at radius 3 is 3.24 bits per heavy atom. The highest BCUT2D eigenvalue weighted by atomic mass is 32.2. The molecule has 0 amide bonds. The molecule has 1 unspecified atom stereocenters. The fourth-order valence-corrected chi connectivity index (χ4v) is 2.91. The fourth-order valence-electron chi connectivity index (χ4n) is 1.96. The van der Waals surface area contributed by atoms with Gasteiger partial charge in [-0.05, 0) is 0 Å². The highest BCUT2D eigenvalue weighted by Crippen LogP contribution is 2.20. The van der Waals surface area contributed by atoms with E-state index in [2.05, 4.69) is 10.4 Å². The lowest BCUT2D eigenvalue weighted by Gasteiger charge is -2.22. The van der Waals surface area contributed by atoms with Gasteiger partial charge < -0.3 is 10.1 Å². The van der Waals surface area contributed by atoms with Crippen LogP contribution in [0.2, 0.25) is 0 Å². The molecule has 0 bridgehead atoms. The monoisotopic (exact) mass is 255 g/mol. The van der Waals surface area contributed by atoms with E-state index in [1.165, 1.54) is 0 Å². The van der Waals surface area contributed by atoms with Crippen LogP contribution in [0.15, 0.2) is 6.20 Å². The Kier molecular flexibility index (Phi) is 4.06. The van der Waals surface area contributed by atoms with E-state index in [9.17, 15) is 4.79 Å². The number of carbonyl (C=O) groups is 1. The van der Waals surface area contributed by atoms with Crippen molar-refractivity contribution in [3.8, 4) is 5.75 Å². The molecular weight excluding hydrogens is 238 g/mol. The highest BCUT2D eigenvalue weighted by molar-refractivity contribution is 7.99. The van der Waals surface area contributed by atoms with E-state index in [1.807, 2.05) is 11.8 Å². The SMILES string of the molecule is COc1cnn(C)c1C(=O)CC1CSCCN1. The van der Waals surface area contributed by atoms with Crippen molar-refractivity contribution in [2.45, 2.75) is 12.5 Å². The van der Waals surface area contributed by atoms with E-state index in [-0.39, 0.29) is 11.8 Å². The third kappa shape index (κ3) is 2.81. The van der Waals surface area contributed by atoms with Gasteiger partial charge in [-0.2, -0.15) is 16.9 Å². The standard InChI is InChI=1S/C11H17N3O2S/c1-14-11(10(16-2)6-13-14)9(15)5-8-7-17-4-3-12-8/h6,8,12H,3-5,7H2,1-2H3. The van der Waals surface area contributed by atoms with Crippen LogP contribution in [0.4, 0.5) is 0 Å². The van der Waals surface area contributed by atoms with Gasteiger partial charge in [-0.3, -0.25) is 9.48 Å². The van der Waals surface area contributed by atoms with Crippen LogP contribution in [0.1, 0.15) is 16.9 Å². The fraction of sp³-hybridized carbons (Fsp3) is 0.636. The first kappa shape index (κ1) is 12.4. The average molecular weight is 255 g/mol. The summed E-state index contributed by atoms with van der Waals surface area (Å²) in [6, 6.07) is 0.265. The zero-order chi connectivity index (χ0) is 12.3. The number of thioether (sulfide) groups is 1. The lowest BCUT2D eigenvalue weighted by Crippen LogP contribution is -2.39. The van der Waals surface area contributed by atoms with Crippen LogP contribution in [-0.2, 0) is 7.05 Å². The summed E-state index contributed by atoms with van der Waals surface area (Å²) < 4.78 is 6.73. The maximum absolute atomic E-state index is 12.2. The third-order valence-corrected chi connectivity index (χ3v) is 3.95. The van der Waals surface area contributed by atoms with Gasteiger partial charge in [-0.1, -0.05) is 0 Å². The van der Waals surface area contributed by atoms with Gasteiger partial charge in [0.25, 0.3) is 0 Å². The van der Waals surface area contributed by atoms with E-state index >= 15 is 0 Å². The third-order valence-electron chi connectivity index (χ3n) is 2.82. The summed E-state index contributed by atoms with van der Waals surface area (Å²) in [5.41, 5.74) is 0.560. The zero-order valence-electron chi connectivity index (χ0n) is 10.1. The maximum Gasteiger partial charge on any atom is 0.186 e. The van der Waals surface area contributed by atoms with Gasteiger partial charge in [0.2, 0.25) is 0 Å². The first-order valence-corrected chi connectivity index (χ1v) is 6.78. The summed E-state index contributed by atoms with van der Waals surface area (Å²) in [6.07, 6.45) is 2.08. The molecule has 2 heterocycles. The highest BCUT2D eigenvalue weighted by Gasteiger charge is 2.22. The van der Waals surface area contributed by atoms with Crippen molar-refractivity contribution in [3.05, 3.63) is 11.9 Å². The first-order chi connectivity index (χ1) is 8.22. The normalized spacial score (nSPS) is 20.2. The van der Waals surface area contributed by atoms with Crippen molar-refractivity contribution >= 4 is 17.5 Å². The van der Waals surface area contributed by atoms with Crippen LogP contribution in [0, 0.1) is 0 Å². The number of Topliss-reactive ketones (excluding diaryl/α,β-unsaturated/α-hetero) is 1. The predicted molar refractivity (Wildman–Crippen MR) is 67.8 cm³/mol. The molecule has 1 saturated heterocycles. The number of methoxy groups -OCH3 is 1. The summed E-state index contributed by atoms with van der Waals surface area (Å²) in [6.45, 7) is 0.977. The second kappa shape index (κ2) is 5.55. The minimum Gasteiger partial charge on any atom is -0.493 e. The lowest BCUT2D eigenvalue weighted by atomic mass is 10.1. The number of ketones is 1. The molecule has 1 aliphatic heterocycles. The van der Waals surface area contributed by atoms with Gasteiger partial charge in [0.1, 0.15) is 5.69 Å². The topological polar surface area (TPSA) is 56.2 Å². The molecule has 0 saturated carbocycles. The van der Waals surface area contributed by atoms with Crippen LogP contribution >= 0.6 is 11.8 Å². The molecule has 0 spiro atoms. The minimum atomic E-state index is 0.0850. The van der Waals surface area contributed by atoms with Gasteiger partial charge in [0.15, 0.2) is 11.5 Å². The van der Waals surface area contributed by atoms with Gasteiger partial charge in [-0.15, -0.1) is 0 Å². The first-order valence-electron chi connectivity index (χ1n) is 5.62. The largest absolute Gasteiger partial charge is 0.493 e. The number of nitrogens with one attached hydrogen (secondary N) is 1. The predicted octanol–water partition coefficient (Wildman–Crippen LogP) is 0.706. The molecule has 17 heavy (non-hydrogen) atoms. The number of hydrogen-bond donors (Lipinski definition) is 1. The number of aryl methyl sites for hydroxylation is 1. The number of carbonyl (C=O) groups excluding carboxylic acids is 1. The van der Waals surface area contributed by atoms with Crippen molar-refractivity contribution in [1.82, 2.24) is 15.1 Å². The smallest absolute Gasteiger partial charge is 0.186 e. The molecule has 1 aliphatic rings. The Morgan fingerprint density at radius 1 is 1.76 bits per heavy atom. The summed E-state index contributed by atoms with van der Waals surface area (Å²) in [5.74, 6) is 2.76. The molecule has 0 radical (unpaired) electrons. The second-order valence-electron chi connectivity index (χ2n) is 4.04. The van der Waals surface area contributed by atoms with Crippen molar-refractivity contribution < 1.29 is 9.53 Å². The zero-order valence-corrected chi connectivity index (χ0v) is 10.9. The molecule has 94 valence electrons. The molecule has 1 atom stereocenters. The van der Waals surface area contributed by atoms with E-state index in [1.54, 1.807) is 25.0 Å². The van der Waals surface area contributed by atoms with E-state index in [4.69, 9.17) is 4.74 Å². The number of nitrogens with zero attached hydrogens (tertiary/aromatic N) is 2. The molecule has 5 nitrogen and oxygen atoms in total. The van der Waals surface area contributed by atoms with Crippen LogP contribution < -0.4 is 10.1 Å². The Morgan fingerprint density at radius 2 is 2.59 bits per heavy atom. The van der Waals surface area contributed by atoms with Crippen LogP contribution in [0.25, 0.3) is 0 Å². The number of hydrogen-bond acceptors (Lipinski definition) is 5. The molecule has 0 aliphatic carbocycles. The molecule has 0 aromatic carbocycles. The molecule has 2 rings (SSSR count). The van der Waals surface area contributed by atoms with Crippen LogP contribution in [-0.4, -0.2) is 46.8 Å². The summed E-state index contributed by atoms with van der Waals surface area (Å²) in [7, 11) is 3.32. The Bertz CT molecular complexity index is 399. The second-order valence-corrected chi connectivity index (χ2v) is 5.19. The Balaban J connectivity index is 2.05. The van der Waals surface area contributed by atoms with Crippen molar-refractivity contribution in [2.24, 2.45) is 7.05 Å². The van der Waals surface area contributed by atoms with E-state index in [0.29, 0.717) is 17.9 Å². The number of aromatic nitrogens is 2. The van der Waals surface area contributed by atoms with Crippen molar-refractivity contribution in [3.63, 3.8) is 0 Å². The maximum atomic E-state index is 12.2. The number of rotatable bonds is 4. The molecular formula is C11H17N3O2S. The Labute approximate surface area is 105 Å². The van der Waals surface area contributed by atoms with E-state index < -0.39 is 0 Å². The minimum absolute atomic E-state index is 0.0850. The van der Waals surface area contributed by atoms with Crippen molar-refractivity contribution in [1.29, 1.82) is 0 Å². The summed E-state index contributed by atoms with van der Waals surface area (Å²) >= 11 is 1.89. The van der Waals surface area contributed by atoms with Gasteiger partial charge in [-0.25, -0.2) is 0 Å². The van der Waals surface area contributed by atoms with Crippen LogP contribution in [0.3, 0.4) is 0 Å². The van der Waals surface area contributed by atoms with Gasteiger partial charge in [0.05, 0.1) is 13.3 Å². The summed E-state index contributed by atoms with van der Waals surface area (Å²) in [5, 5.41) is 7.40. The van der Waals surface area contributed by atoms with Crippen molar-refractivity contribution in [2.75, 3.05) is 25.2 Å². The molecule has 1 aromatic rings.